The van der Waals surface area contributed by atoms with Crippen LogP contribution in [0.3, 0.4) is 0 Å². The molecule has 1 atom stereocenters. The lowest BCUT2D eigenvalue weighted by Crippen LogP contribution is -2.31. The van der Waals surface area contributed by atoms with Crippen LogP contribution >= 0.6 is 27.7 Å². The summed E-state index contributed by atoms with van der Waals surface area (Å²) in [6, 6.07) is 12.6. The number of anilines is 1. The predicted octanol–water partition coefficient (Wildman–Crippen LogP) is 4.75. The van der Waals surface area contributed by atoms with Crippen LogP contribution in [-0.2, 0) is 10.5 Å². The van der Waals surface area contributed by atoms with E-state index in [-0.39, 0.29) is 28.2 Å². The van der Waals surface area contributed by atoms with Gasteiger partial charge in [-0.3, -0.25) is 9.59 Å². The molecular formula is C21H17BrFN3O2S. The molecule has 8 heteroatoms. The van der Waals surface area contributed by atoms with E-state index in [2.05, 4.69) is 31.2 Å². The second kappa shape index (κ2) is 8.12. The molecule has 0 unspecified atom stereocenters. The number of aryl methyl sites for hydroxylation is 1. The molecule has 0 fully saturated rings. The Bertz CT molecular complexity index is 1150. The average Bonchev–Trinajstić information content (AvgIpc) is 2.68. The number of hydrogen-bond donors (Lipinski definition) is 2. The number of hydrogen-bond acceptors (Lipinski definition) is 4. The van der Waals surface area contributed by atoms with Crippen molar-refractivity contribution in [2.24, 2.45) is 0 Å². The highest BCUT2D eigenvalue weighted by Gasteiger charge is 2.31. The third kappa shape index (κ3) is 4.28. The van der Waals surface area contributed by atoms with Crippen LogP contribution in [0.1, 0.15) is 34.6 Å². The van der Waals surface area contributed by atoms with Gasteiger partial charge >= 0.3 is 0 Å². The van der Waals surface area contributed by atoms with Crippen molar-refractivity contribution in [3.63, 3.8) is 0 Å². The number of carbonyl (C=O) groups is 1. The van der Waals surface area contributed by atoms with E-state index in [0.717, 1.165) is 5.56 Å². The van der Waals surface area contributed by atoms with Gasteiger partial charge in [0, 0.05) is 18.1 Å². The first-order chi connectivity index (χ1) is 13.9. The molecule has 5 nitrogen and oxygen atoms in total. The van der Waals surface area contributed by atoms with Crippen molar-refractivity contribution in [1.29, 1.82) is 0 Å². The van der Waals surface area contributed by atoms with E-state index in [0.29, 0.717) is 22.0 Å². The first-order valence-corrected chi connectivity index (χ1v) is 10.8. The summed E-state index contributed by atoms with van der Waals surface area (Å²) in [4.78, 5) is 32.4. The molecule has 0 radical (unpaired) electrons. The monoisotopic (exact) mass is 473 g/mol. The van der Waals surface area contributed by atoms with Crippen molar-refractivity contribution >= 4 is 39.4 Å². The Kier molecular flexibility index (Phi) is 5.56. The number of aromatic amines is 1. The molecule has 2 heterocycles. The first-order valence-electron chi connectivity index (χ1n) is 8.98. The number of aromatic nitrogens is 2. The van der Waals surface area contributed by atoms with E-state index in [1.165, 1.54) is 23.4 Å². The SMILES string of the molecule is Cc1ccc(CSc2nc3c(c(=O)[nH]2)[C@H](c2ccc(F)c(Br)c2)CC(=O)N3)cc1. The topological polar surface area (TPSA) is 74.8 Å². The van der Waals surface area contributed by atoms with Crippen LogP contribution in [0.25, 0.3) is 0 Å². The van der Waals surface area contributed by atoms with Gasteiger partial charge < -0.3 is 10.3 Å². The van der Waals surface area contributed by atoms with Gasteiger partial charge in [0.15, 0.2) is 5.16 Å². The van der Waals surface area contributed by atoms with Gasteiger partial charge in [-0.05, 0) is 46.1 Å². The van der Waals surface area contributed by atoms with Crippen molar-refractivity contribution < 1.29 is 9.18 Å². The Balaban J connectivity index is 1.65. The molecule has 3 aromatic rings. The highest BCUT2D eigenvalue weighted by molar-refractivity contribution is 9.10. The maximum Gasteiger partial charge on any atom is 0.257 e. The van der Waals surface area contributed by atoms with Crippen LogP contribution < -0.4 is 10.9 Å². The summed E-state index contributed by atoms with van der Waals surface area (Å²) in [6.07, 6.45) is 0.103. The van der Waals surface area contributed by atoms with Crippen LogP contribution in [0.2, 0.25) is 0 Å². The van der Waals surface area contributed by atoms with Gasteiger partial charge in [0.05, 0.1) is 10.0 Å². The van der Waals surface area contributed by atoms with E-state index < -0.39 is 11.7 Å². The highest BCUT2D eigenvalue weighted by atomic mass is 79.9. The molecule has 29 heavy (non-hydrogen) atoms. The lowest BCUT2D eigenvalue weighted by Gasteiger charge is -2.24. The zero-order chi connectivity index (χ0) is 20.5. The van der Waals surface area contributed by atoms with Gasteiger partial charge in [-0.25, -0.2) is 9.37 Å². The normalized spacial score (nSPS) is 15.7. The number of carbonyl (C=O) groups excluding carboxylic acids is 1. The fourth-order valence-corrected chi connectivity index (χ4v) is 4.48. The van der Waals surface area contributed by atoms with Gasteiger partial charge in [-0.2, -0.15) is 0 Å². The minimum atomic E-state index is -0.483. The number of fused-ring (bicyclic) bond motifs is 1. The summed E-state index contributed by atoms with van der Waals surface area (Å²) in [5.74, 6) is -0.200. The Labute approximate surface area is 179 Å². The highest BCUT2D eigenvalue weighted by Crippen LogP contribution is 2.36. The van der Waals surface area contributed by atoms with Gasteiger partial charge in [-0.15, -0.1) is 0 Å². The second-order valence-corrected chi connectivity index (χ2v) is 8.70. The number of thioether (sulfide) groups is 1. The molecule has 2 aromatic carbocycles. The van der Waals surface area contributed by atoms with Crippen molar-refractivity contribution in [1.82, 2.24) is 9.97 Å². The molecule has 0 saturated heterocycles. The number of nitrogens with zero attached hydrogens (tertiary/aromatic N) is 1. The molecule has 148 valence electrons. The molecule has 0 saturated carbocycles. The molecule has 2 N–H and O–H groups in total. The molecule has 1 aliphatic rings. The second-order valence-electron chi connectivity index (χ2n) is 6.89. The van der Waals surface area contributed by atoms with Gasteiger partial charge in [0.1, 0.15) is 11.6 Å². The fraction of sp³-hybridized carbons (Fsp3) is 0.190. The molecule has 0 spiro atoms. The number of halogens is 2. The van der Waals surface area contributed by atoms with Crippen molar-refractivity contribution in [2.45, 2.75) is 30.2 Å². The zero-order valence-corrected chi connectivity index (χ0v) is 17.9. The largest absolute Gasteiger partial charge is 0.310 e. The van der Waals surface area contributed by atoms with E-state index in [4.69, 9.17) is 0 Å². The summed E-state index contributed by atoms with van der Waals surface area (Å²) in [6.45, 7) is 2.03. The average molecular weight is 474 g/mol. The van der Waals surface area contributed by atoms with Crippen molar-refractivity contribution in [3.05, 3.63) is 85.4 Å². The quantitative estimate of drug-likeness (QED) is 0.423. The number of H-pyrrole nitrogens is 1. The lowest BCUT2D eigenvalue weighted by molar-refractivity contribution is -0.116. The minimum Gasteiger partial charge on any atom is -0.310 e. The smallest absolute Gasteiger partial charge is 0.257 e. The Morgan fingerprint density at radius 2 is 1.97 bits per heavy atom. The Morgan fingerprint density at radius 1 is 1.21 bits per heavy atom. The van der Waals surface area contributed by atoms with Gasteiger partial charge in [0.2, 0.25) is 5.91 Å². The summed E-state index contributed by atoms with van der Waals surface area (Å²) in [5.41, 5.74) is 3.07. The summed E-state index contributed by atoms with van der Waals surface area (Å²) in [7, 11) is 0. The molecular weight excluding hydrogens is 457 g/mol. The number of rotatable bonds is 4. The molecule has 4 rings (SSSR count). The Morgan fingerprint density at radius 3 is 2.69 bits per heavy atom. The summed E-state index contributed by atoms with van der Waals surface area (Å²) < 4.78 is 13.9. The number of nitrogens with one attached hydrogen (secondary N) is 2. The van der Waals surface area contributed by atoms with Crippen LogP contribution in [0, 0.1) is 12.7 Å². The first kappa shape index (κ1) is 19.8. The zero-order valence-electron chi connectivity index (χ0n) is 15.5. The van der Waals surface area contributed by atoms with Crippen molar-refractivity contribution in [3.8, 4) is 0 Å². The van der Waals surface area contributed by atoms with Gasteiger partial charge in [-0.1, -0.05) is 47.7 Å². The third-order valence-electron chi connectivity index (χ3n) is 4.77. The Hall–Kier alpha value is -2.45. The van der Waals surface area contributed by atoms with E-state index in [1.807, 2.05) is 31.2 Å². The maximum absolute atomic E-state index is 13.6. The van der Waals surface area contributed by atoms with E-state index in [9.17, 15) is 14.0 Å². The summed E-state index contributed by atoms with van der Waals surface area (Å²) >= 11 is 4.56. The third-order valence-corrected chi connectivity index (χ3v) is 6.32. The minimum absolute atomic E-state index is 0.103. The van der Waals surface area contributed by atoms with Crippen LogP contribution in [0.4, 0.5) is 10.2 Å². The molecule has 1 aliphatic heterocycles. The standard InChI is InChI=1S/C21H17BrFN3O2S/c1-11-2-4-12(5-3-11)10-29-21-25-19-18(20(28)26-21)14(9-17(27)24-19)13-6-7-16(23)15(22)8-13/h2-8,14H,9-10H2,1H3,(H2,24,25,26,27,28)/t14-/m0/s1. The molecule has 0 bridgehead atoms. The fourth-order valence-electron chi connectivity index (χ4n) is 3.27. The van der Waals surface area contributed by atoms with Crippen LogP contribution in [0.15, 0.2) is 56.9 Å². The molecule has 0 aliphatic carbocycles. The summed E-state index contributed by atoms with van der Waals surface area (Å²) in [5, 5.41) is 3.14. The molecule has 1 amide bonds. The maximum atomic E-state index is 13.6. The number of benzene rings is 2. The van der Waals surface area contributed by atoms with Gasteiger partial charge in [0.25, 0.3) is 5.56 Å². The lowest BCUT2D eigenvalue weighted by atomic mass is 9.87. The molecule has 1 aromatic heterocycles. The van der Waals surface area contributed by atoms with E-state index >= 15 is 0 Å². The van der Waals surface area contributed by atoms with Crippen LogP contribution in [-0.4, -0.2) is 15.9 Å². The predicted molar refractivity (Wildman–Crippen MR) is 115 cm³/mol. The van der Waals surface area contributed by atoms with Crippen LogP contribution in [0.5, 0.6) is 0 Å². The van der Waals surface area contributed by atoms with Crippen molar-refractivity contribution in [2.75, 3.05) is 5.32 Å². The van der Waals surface area contributed by atoms with E-state index in [1.54, 1.807) is 12.1 Å². The number of amides is 1.